The molecule has 3 N–H and O–H groups in total. The lowest BCUT2D eigenvalue weighted by Crippen LogP contribution is -2.10. The number of aromatic nitrogens is 2. The molecule has 1 aromatic carbocycles. The van der Waals surface area contributed by atoms with Crippen molar-refractivity contribution in [1.82, 2.24) is 9.97 Å². The van der Waals surface area contributed by atoms with Crippen LogP contribution in [0.4, 0.5) is 8.78 Å². The average Bonchev–Trinajstić information content (AvgIpc) is 2.81. The fourth-order valence-electron chi connectivity index (χ4n) is 1.53. The monoisotopic (exact) mass is 237 g/mol. The van der Waals surface area contributed by atoms with Crippen molar-refractivity contribution in [2.24, 2.45) is 5.73 Å². The average molecular weight is 237 g/mol. The van der Waals surface area contributed by atoms with E-state index in [0.29, 0.717) is 17.1 Å². The first-order valence-corrected chi connectivity index (χ1v) is 5.37. The van der Waals surface area contributed by atoms with Gasteiger partial charge < -0.3 is 10.7 Å². The van der Waals surface area contributed by atoms with Crippen LogP contribution in [0, 0.1) is 11.6 Å². The van der Waals surface area contributed by atoms with Crippen molar-refractivity contribution in [3.63, 3.8) is 0 Å². The molecule has 0 spiro atoms. The van der Waals surface area contributed by atoms with E-state index in [1.807, 2.05) is 6.92 Å². The van der Waals surface area contributed by atoms with Gasteiger partial charge in [-0.05, 0) is 24.6 Å². The molecule has 3 nitrogen and oxygen atoms in total. The Balaban J connectivity index is 2.33. The van der Waals surface area contributed by atoms with Gasteiger partial charge in [-0.15, -0.1) is 0 Å². The predicted molar refractivity (Wildman–Crippen MR) is 61.2 cm³/mol. The van der Waals surface area contributed by atoms with Crippen LogP contribution in [0.2, 0.25) is 0 Å². The first-order chi connectivity index (χ1) is 8.11. The van der Waals surface area contributed by atoms with Crippen molar-refractivity contribution in [2.45, 2.75) is 19.4 Å². The van der Waals surface area contributed by atoms with Crippen molar-refractivity contribution in [3.05, 3.63) is 41.9 Å². The SMILES string of the molecule is CCC(N)c1ncc(-c2ccc(F)c(F)c2)[nH]1. The molecule has 1 unspecified atom stereocenters. The molecule has 0 bridgehead atoms. The Morgan fingerprint density at radius 2 is 2.12 bits per heavy atom. The van der Waals surface area contributed by atoms with Gasteiger partial charge in [0.1, 0.15) is 5.82 Å². The van der Waals surface area contributed by atoms with Crippen molar-refractivity contribution in [1.29, 1.82) is 0 Å². The fraction of sp³-hybridized carbons (Fsp3) is 0.250. The second-order valence-electron chi connectivity index (χ2n) is 3.83. The van der Waals surface area contributed by atoms with Crippen LogP contribution >= 0.6 is 0 Å². The van der Waals surface area contributed by atoms with Gasteiger partial charge in [0.25, 0.3) is 0 Å². The number of halogens is 2. The maximum absolute atomic E-state index is 13.1. The zero-order valence-corrected chi connectivity index (χ0v) is 9.37. The Bertz CT molecular complexity index is 522. The van der Waals surface area contributed by atoms with E-state index in [4.69, 9.17) is 5.73 Å². The van der Waals surface area contributed by atoms with Crippen molar-refractivity contribution in [2.75, 3.05) is 0 Å². The molecule has 1 heterocycles. The third-order valence-electron chi connectivity index (χ3n) is 2.62. The summed E-state index contributed by atoms with van der Waals surface area (Å²) in [6.07, 6.45) is 2.32. The first-order valence-electron chi connectivity index (χ1n) is 5.37. The maximum Gasteiger partial charge on any atom is 0.159 e. The molecule has 1 atom stereocenters. The summed E-state index contributed by atoms with van der Waals surface area (Å²) in [4.78, 5) is 7.12. The highest BCUT2D eigenvalue weighted by atomic mass is 19.2. The molecule has 0 aliphatic heterocycles. The highest BCUT2D eigenvalue weighted by molar-refractivity contribution is 5.58. The fourth-order valence-corrected chi connectivity index (χ4v) is 1.53. The van der Waals surface area contributed by atoms with Gasteiger partial charge in [0.05, 0.1) is 17.9 Å². The Morgan fingerprint density at radius 1 is 1.35 bits per heavy atom. The van der Waals surface area contributed by atoms with E-state index in [9.17, 15) is 8.78 Å². The topological polar surface area (TPSA) is 54.7 Å². The maximum atomic E-state index is 13.1. The summed E-state index contributed by atoms with van der Waals surface area (Å²) < 4.78 is 25.8. The summed E-state index contributed by atoms with van der Waals surface area (Å²) in [5, 5.41) is 0. The number of hydrogen-bond acceptors (Lipinski definition) is 2. The number of rotatable bonds is 3. The Hall–Kier alpha value is -1.75. The van der Waals surface area contributed by atoms with Gasteiger partial charge in [0.2, 0.25) is 0 Å². The van der Waals surface area contributed by atoms with Crippen LogP contribution in [0.15, 0.2) is 24.4 Å². The van der Waals surface area contributed by atoms with Crippen LogP contribution in [-0.4, -0.2) is 9.97 Å². The molecule has 17 heavy (non-hydrogen) atoms. The van der Waals surface area contributed by atoms with Crippen molar-refractivity contribution >= 4 is 0 Å². The van der Waals surface area contributed by atoms with Gasteiger partial charge in [-0.1, -0.05) is 6.92 Å². The Morgan fingerprint density at radius 3 is 2.76 bits per heavy atom. The normalized spacial score (nSPS) is 12.7. The highest BCUT2D eigenvalue weighted by Crippen LogP contribution is 2.21. The number of nitrogens with zero attached hydrogens (tertiary/aromatic N) is 1. The van der Waals surface area contributed by atoms with Gasteiger partial charge in [-0.25, -0.2) is 13.8 Å². The molecule has 0 aliphatic rings. The van der Waals surface area contributed by atoms with E-state index in [0.717, 1.165) is 18.6 Å². The van der Waals surface area contributed by atoms with Crippen LogP contribution < -0.4 is 5.73 Å². The summed E-state index contributed by atoms with van der Waals surface area (Å²) in [5.41, 5.74) is 6.99. The molecule has 0 saturated carbocycles. The molecule has 90 valence electrons. The van der Waals surface area contributed by atoms with Gasteiger partial charge in [0, 0.05) is 5.56 Å². The molecule has 0 radical (unpaired) electrons. The van der Waals surface area contributed by atoms with Gasteiger partial charge in [-0.2, -0.15) is 0 Å². The molecule has 2 rings (SSSR count). The molecule has 1 aromatic heterocycles. The summed E-state index contributed by atoms with van der Waals surface area (Å²) in [5.74, 6) is -1.09. The van der Waals surface area contributed by atoms with Crippen molar-refractivity contribution < 1.29 is 8.78 Å². The van der Waals surface area contributed by atoms with Gasteiger partial charge in [0.15, 0.2) is 11.6 Å². The summed E-state index contributed by atoms with van der Waals surface area (Å²) >= 11 is 0. The molecule has 2 aromatic rings. The van der Waals surface area contributed by atoms with Crippen LogP contribution in [0.5, 0.6) is 0 Å². The lowest BCUT2D eigenvalue weighted by molar-refractivity contribution is 0.509. The van der Waals surface area contributed by atoms with Gasteiger partial charge >= 0.3 is 0 Å². The lowest BCUT2D eigenvalue weighted by Gasteiger charge is -2.03. The van der Waals surface area contributed by atoms with Crippen LogP contribution in [0.3, 0.4) is 0 Å². The number of benzene rings is 1. The number of nitrogens with one attached hydrogen (secondary N) is 1. The van der Waals surface area contributed by atoms with Gasteiger partial charge in [-0.3, -0.25) is 0 Å². The molecule has 0 amide bonds. The summed E-state index contributed by atoms with van der Waals surface area (Å²) in [7, 11) is 0. The highest BCUT2D eigenvalue weighted by Gasteiger charge is 2.10. The molecule has 0 fully saturated rings. The standard InChI is InChI=1S/C12H13F2N3/c1-2-10(15)12-16-6-11(17-12)7-3-4-8(13)9(14)5-7/h3-6,10H,2,15H2,1H3,(H,16,17). The van der Waals surface area contributed by atoms with Crippen LogP contribution in [0.25, 0.3) is 11.3 Å². The van der Waals surface area contributed by atoms with E-state index >= 15 is 0 Å². The van der Waals surface area contributed by atoms with E-state index in [2.05, 4.69) is 9.97 Å². The van der Waals surface area contributed by atoms with E-state index in [1.165, 1.54) is 6.07 Å². The predicted octanol–water partition coefficient (Wildman–Crippen LogP) is 2.76. The summed E-state index contributed by atoms with van der Waals surface area (Å²) in [6.45, 7) is 1.95. The second kappa shape index (κ2) is 4.63. The summed E-state index contributed by atoms with van der Waals surface area (Å²) in [6, 6.07) is 3.54. The number of hydrogen-bond donors (Lipinski definition) is 2. The first kappa shape index (κ1) is 11.7. The molecular formula is C12H13F2N3. The number of nitrogens with two attached hydrogens (primary N) is 1. The zero-order chi connectivity index (χ0) is 12.4. The van der Waals surface area contributed by atoms with Crippen molar-refractivity contribution in [3.8, 4) is 11.3 Å². The third-order valence-corrected chi connectivity index (χ3v) is 2.62. The Labute approximate surface area is 97.7 Å². The smallest absolute Gasteiger partial charge is 0.159 e. The number of imidazole rings is 1. The molecular weight excluding hydrogens is 224 g/mol. The molecule has 0 saturated heterocycles. The van der Waals surface area contributed by atoms with E-state index in [1.54, 1.807) is 6.20 Å². The van der Waals surface area contributed by atoms with Crippen LogP contribution in [-0.2, 0) is 0 Å². The van der Waals surface area contributed by atoms with E-state index < -0.39 is 11.6 Å². The number of aromatic amines is 1. The largest absolute Gasteiger partial charge is 0.341 e. The third kappa shape index (κ3) is 2.34. The van der Waals surface area contributed by atoms with E-state index in [-0.39, 0.29) is 6.04 Å². The minimum absolute atomic E-state index is 0.172. The lowest BCUT2D eigenvalue weighted by atomic mass is 10.1. The minimum Gasteiger partial charge on any atom is -0.341 e. The molecule has 5 heteroatoms. The minimum atomic E-state index is -0.876. The Kier molecular flexibility index (Phi) is 3.19. The number of H-pyrrole nitrogens is 1. The zero-order valence-electron chi connectivity index (χ0n) is 9.37. The second-order valence-corrected chi connectivity index (χ2v) is 3.83. The quantitative estimate of drug-likeness (QED) is 0.862. The molecule has 0 aliphatic carbocycles. The van der Waals surface area contributed by atoms with Crippen LogP contribution in [0.1, 0.15) is 25.2 Å².